The molecule has 1 heterocycles. The van der Waals surface area contributed by atoms with Gasteiger partial charge < -0.3 is 15.4 Å². The van der Waals surface area contributed by atoms with Gasteiger partial charge in [0.25, 0.3) is 0 Å². The predicted molar refractivity (Wildman–Crippen MR) is 72.8 cm³/mol. The molecule has 0 aromatic heterocycles. The molecular weight excluding hydrogens is 271 g/mol. The molecule has 0 spiro atoms. The Bertz CT molecular complexity index is 589. The Morgan fingerprint density at radius 2 is 2.16 bits per heavy atom. The van der Waals surface area contributed by atoms with Gasteiger partial charge in [-0.05, 0) is 6.92 Å². The van der Waals surface area contributed by atoms with E-state index in [-0.39, 0.29) is 29.0 Å². The van der Waals surface area contributed by atoms with Crippen molar-refractivity contribution in [3.63, 3.8) is 0 Å². The van der Waals surface area contributed by atoms with E-state index >= 15 is 0 Å². The van der Waals surface area contributed by atoms with Crippen LogP contribution in [0.1, 0.15) is 6.92 Å². The number of nitrogens with zero attached hydrogens (tertiary/aromatic N) is 1. The van der Waals surface area contributed by atoms with Crippen LogP contribution in [0.5, 0.6) is 5.75 Å². The maximum Gasteiger partial charge on any atom is 0.167 e. The summed E-state index contributed by atoms with van der Waals surface area (Å²) in [5.41, 5.74) is 6.71. The van der Waals surface area contributed by atoms with Crippen LogP contribution in [0.4, 0.5) is 15.8 Å². The molecule has 19 heavy (non-hydrogen) atoms. The van der Waals surface area contributed by atoms with Gasteiger partial charge in [-0.1, -0.05) is 0 Å². The smallest absolute Gasteiger partial charge is 0.167 e. The van der Waals surface area contributed by atoms with Crippen molar-refractivity contribution in [2.24, 2.45) is 0 Å². The molecule has 2 rings (SSSR count). The first-order chi connectivity index (χ1) is 8.84. The molecule has 106 valence electrons. The number of hydrogen-bond acceptors (Lipinski definition) is 5. The van der Waals surface area contributed by atoms with Gasteiger partial charge in [-0.15, -0.1) is 0 Å². The number of methoxy groups -OCH3 is 1. The summed E-state index contributed by atoms with van der Waals surface area (Å²) in [5.74, 6) is -0.270. The van der Waals surface area contributed by atoms with E-state index in [2.05, 4.69) is 0 Å². The average molecular weight is 288 g/mol. The fourth-order valence-corrected chi connectivity index (χ4v) is 3.88. The summed E-state index contributed by atoms with van der Waals surface area (Å²) in [5, 5.41) is 0. The summed E-state index contributed by atoms with van der Waals surface area (Å²) in [6.07, 6.45) is 0. The number of rotatable bonds is 2. The molecule has 5 nitrogen and oxygen atoms in total. The van der Waals surface area contributed by atoms with Gasteiger partial charge in [0.15, 0.2) is 21.4 Å². The van der Waals surface area contributed by atoms with Gasteiger partial charge in [-0.2, -0.15) is 0 Å². The van der Waals surface area contributed by atoms with Gasteiger partial charge in [0, 0.05) is 24.7 Å². The number of nitrogen functional groups attached to an aromatic ring is 1. The minimum absolute atomic E-state index is 0.0755. The highest BCUT2D eigenvalue weighted by atomic mass is 32.2. The molecule has 1 aliphatic heterocycles. The lowest BCUT2D eigenvalue weighted by atomic mass is 10.2. The maximum absolute atomic E-state index is 13.5. The molecule has 1 atom stereocenters. The van der Waals surface area contributed by atoms with Crippen molar-refractivity contribution >= 4 is 21.2 Å². The Kier molecular flexibility index (Phi) is 3.58. The Balaban J connectivity index is 2.37. The van der Waals surface area contributed by atoms with Crippen molar-refractivity contribution < 1.29 is 17.5 Å². The minimum Gasteiger partial charge on any atom is -0.494 e. The molecule has 1 aromatic carbocycles. The largest absolute Gasteiger partial charge is 0.494 e. The van der Waals surface area contributed by atoms with E-state index < -0.39 is 15.7 Å². The first-order valence-corrected chi connectivity index (χ1v) is 7.76. The molecule has 1 aromatic rings. The zero-order valence-electron chi connectivity index (χ0n) is 10.9. The summed E-state index contributed by atoms with van der Waals surface area (Å²) in [4.78, 5) is 1.87. The Morgan fingerprint density at radius 3 is 2.74 bits per heavy atom. The molecule has 0 aliphatic carbocycles. The third-order valence-electron chi connectivity index (χ3n) is 3.28. The molecule has 1 saturated heterocycles. The van der Waals surface area contributed by atoms with Crippen LogP contribution in [0.15, 0.2) is 12.1 Å². The normalized spacial score (nSPS) is 22.3. The van der Waals surface area contributed by atoms with E-state index in [1.165, 1.54) is 19.2 Å². The van der Waals surface area contributed by atoms with Crippen molar-refractivity contribution in [3.05, 3.63) is 17.9 Å². The van der Waals surface area contributed by atoms with Crippen LogP contribution in [0.25, 0.3) is 0 Å². The fourth-order valence-electron chi connectivity index (χ4n) is 2.32. The van der Waals surface area contributed by atoms with Gasteiger partial charge in [-0.3, -0.25) is 0 Å². The van der Waals surface area contributed by atoms with E-state index in [4.69, 9.17) is 10.5 Å². The van der Waals surface area contributed by atoms with Crippen LogP contribution in [0, 0.1) is 5.82 Å². The van der Waals surface area contributed by atoms with Gasteiger partial charge in [0.2, 0.25) is 0 Å². The SMILES string of the molecule is COc1cc(N2CCS(=O)(=O)CC2C)c(N)cc1F. The lowest BCUT2D eigenvalue weighted by Crippen LogP contribution is -2.47. The van der Waals surface area contributed by atoms with Crippen molar-refractivity contribution in [3.8, 4) is 5.75 Å². The van der Waals surface area contributed by atoms with Crippen LogP contribution in [-0.4, -0.2) is 39.6 Å². The minimum atomic E-state index is -3.00. The number of hydrogen-bond donors (Lipinski definition) is 1. The van der Waals surface area contributed by atoms with E-state index in [0.29, 0.717) is 12.2 Å². The van der Waals surface area contributed by atoms with E-state index in [9.17, 15) is 12.8 Å². The Hall–Kier alpha value is -1.50. The first-order valence-electron chi connectivity index (χ1n) is 5.94. The Labute approximate surface area is 112 Å². The monoisotopic (exact) mass is 288 g/mol. The third-order valence-corrected chi connectivity index (χ3v) is 5.08. The second-order valence-electron chi connectivity index (χ2n) is 4.70. The molecule has 0 saturated carbocycles. The molecule has 0 bridgehead atoms. The average Bonchev–Trinajstić information content (AvgIpc) is 2.29. The second-order valence-corrected chi connectivity index (χ2v) is 6.93. The maximum atomic E-state index is 13.5. The second kappa shape index (κ2) is 4.88. The highest BCUT2D eigenvalue weighted by Crippen LogP contribution is 2.33. The molecule has 1 unspecified atom stereocenters. The van der Waals surface area contributed by atoms with Crippen LogP contribution >= 0.6 is 0 Å². The highest BCUT2D eigenvalue weighted by molar-refractivity contribution is 7.91. The van der Waals surface area contributed by atoms with Crippen molar-refractivity contribution in [1.82, 2.24) is 0 Å². The lowest BCUT2D eigenvalue weighted by molar-refractivity contribution is 0.386. The molecule has 0 amide bonds. The number of benzene rings is 1. The summed E-state index contributed by atoms with van der Waals surface area (Å²) in [7, 11) is -1.62. The van der Waals surface area contributed by atoms with Crippen molar-refractivity contribution in [1.29, 1.82) is 0 Å². The third kappa shape index (κ3) is 2.75. The van der Waals surface area contributed by atoms with Crippen LogP contribution in [0.3, 0.4) is 0 Å². The fraction of sp³-hybridized carbons (Fsp3) is 0.500. The highest BCUT2D eigenvalue weighted by Gasteiger charge is 2.29. The standard InChI is InChI=1S/C12H17FN2O3S/c1-8-7-19(16,17)4-3-15(8)11-6-12(18-2)9(13)5-10(11)14/h5-6,8H,3-4,7,14H2,1-2H3. The molecule has 2 N–H and O–H groups in total. The number of halogens is 1. The number of ether oxygens (including phenoxy) is 1. The van der Waals surface area contributed by atoms with Crippen LogP contribution in [-0.2, 0) is 9.84 Å². The summed E-state index contributed by atoms with van der Waals surface area (Å²) in [6.45, 7) is 2.16. The number of nitrogens with two attached hydrogens (primary N) is 1. The zero-order valence-corrected chi connectivity index (χ0v) is 11.7. The van der Waals surface area contributed by atoms with E-state index in [1.807, 2.05) is 11.8 Å². The number of anilines is 2. The first kappa shape index (κ1) is 13.9. The molecule has 7 heteroatoms. The predicted octanol–water partition coefficient (Wildman–Crippen LogP) is 1.04. The summed E-state index contributed by atoms with van der Waals surface area (Å²) >= 11 is 0. The number of sulfone groups is 1. The van der Waals surface area contributed by atoms with Gasteiger partial charge >= 0.3 is 0 Å². The van der Waals surface area contributed by atoms with E-state index in [0.717, 1.165) is 0 Å². The van der Waals surface area contributed by atoms with Crippen LogP contribution in [0.2, 0.25) is 0 Å². The molecule has 0 radical (unpaired) electrons. The van der Waals surface area contributed by atoms with E-state index in [1.54, 1.807) is 0 Å². The molecular formula is C12H17FN2O3S. The Morgan fingerprint density at radius 1 is 1.47 bits per heavy atom. The van der Waals surface area contributed by atoms with Crippen molar-refractivity contribution in [2.45, 2.75) is 13.0 Å². The van der Waals surface area contributed by atoms with Gasteiger partial charge in [0.05, 0.1) is 30.0 Å². The van der Waals surface area contributed by atoms with Gasteiger partial charge in [-0.25, -0.2) is 12.8 Å². The quantitative estimate of drug-likeness (QED) is 0.823. The van der Waals surface area contributed by atoms with Crippen molar-refractivity contribution in [2.75, 3.05) is 35.8 Å². The van der Waals surface area contributed by atoms with Crippen LogP contribution < -0.4 is 15.4 Å². The van der Waals surface area contributed by atoms with Gasteiger partial charge in [0.1, 0.15) is 0 Å². The lowest BCUT2D eigenvalue weighted by Gasteiger charge is -2.36. The summed E-state index contributed by atoms with van der Waals surface area (Å²) in [6, 6.07) is 2.51. The topological polar surface area (TPSA) is 72.6 Å². The molecule has 1 aliphatic rings. The summed E-state index contributed by atoms with van der Waals surface area (Å²) < 4.78 is 41.5. The zero-order chi connectivity index (χ0) is 14.2. The molecule has 1 fully saturated rings.